The van der Waals surface area contributed by atoms with Gasteiger partial charge >= 0.3 is 0 Å². The van der Waals surface area contributed by atoms with Crippen molar-refractivity contribution in [2.75, 3.05) is 19.1 Å². The molecule has 33 heavy (non-hydrogen) atoms. The van der Waals surface area contributed by atoms with Crippen LogP contribution < -0.4 is 14.4 Å². The normalized spacial score (nSPS) is 17.1. The molecular weight excluding hydrogens is 465 g/mol. The topological polar surface area (TPSA) is 76.1 Å². The molecule has 3 aromatic carbocycles. The number of ether oxygens (including phenoxy) is 2. The van der Waals surface area contributed by atoms with Crippen molar-refractivity contribution < 1.29 is 24.2 Å². The van der Waals surface area contributed by atoms with Gasteiger partial charge in [0.05, 0.1) is 38.4 Å². The van der Waals surface area contributed by atoms with Crippen molar-refractivity contribution >= 4 is 40.6 Å². The van der Waals surface area contributed by atoms with Crippen molar-refractivity contribution in [2.45, 2.75) is 18.6 Å². The summed E-state index contributed by atoms with van der Waals surface area (Å²) >= 11 is 12.2. The lowest BCUT2D eigenvalue weighted by Crippen LogP contribution is -2.41. The van der Waals surface area contributed by atoms with Crippen molar-refractivity contribution in [2.24, 2.45) is 0 Å². The van der Waals surface area contributed by atoms with Gasteiger partial charge in [-0.1, -0.05) is 35.3 Å². The van der Waals surface area contributed by atoms with Crippen molar-refractivity contribution in [3.63, 3.8) is 0 Å². The number of carbonyl (C=O) groups is 2. The molecule has 0 saturated heterocycles. The monoisotopic (exact) mass is 485 g/mol. The highest BCUT2D eigenvalue weighted by molar-refractivity contribution is 6.31. The van der Waals surface area contributed by atoms with Crippen LogP contribution in [-0.2, 0) is 16.9 Å². The molecule has 4 rings (SSSR count). The van der Waals surface area contributed by atoms with Gasteiger partial charge in [-0.05, 0) is 48.0 Å². The number of nitrogens with zero attached hydrogens (tertiary/aromatic N) is 1. The molecule has 1 aliphatic heterocycles. The highest BCUT2D eigenvalue weighted by atomic mass is 35.5. The number of halogens is 2. The second-order valence-electron chi connectivity index (χ2n) is 7.71. The van der Waals surface area contributed by atoms with E-state index >= 15 is 0 Å². The molecular formula is C25H21Cl2NO5. The Balaban J connectivity index is 1.70. The zero-order valence-electron chi connectivity index (χ0n) is 18.0. The van der Waals surface area contributed by atoms with Crippen LogP contribution in [0.15, 0.2) is 60.7 Å². The van der Waals surface area contributed by atoms with Gasteiger partial charge in [-0.2, -0.15) is 0 Å². The average Bonchev–Trinajstić information content (AvgIpc) is 3.01. The lowest BCUT2D eigenvalue weighted by Gasteiger charge is -2.23. The highest BCUT2D eigenvalue weighted by Crippen LogP contribution is 2.45. The number of amides is 1. The number of hydrogen-bond donors (Lipinski definition) is 1. The predicted octanol–water partition coefficient (Wildman–Crippen LogP) is 5.02. The van der Waals surface area contributed by atoms with E-state index in [1.165, 1.54) is 25.2 Å². The number of anilines is 1. The summed E-state index contributed by atoms with van der Waals surface area (Å²) in [5.41, 5.74) is -0.235. The summed E-state index contributed by atoms with van der Waals surface area (Å²) in [6.45, 7) is 0.201. The molecule has 0 radical (unpaired) electrons. The van der Waals surface area contributed by atoms with Gasteiger partial charge in [-0.25, -0.2) is 0 Å². The van der Waals surface area contributed by atoms with Crippen LogP contribution in [0.4, 0.5) is 5.69 Å². The van der Waals surface area contributed by atoms with Crippen molar-refractivity contribution in [1.82, 2.24) is 0 Å². The molecule has 0 aromatic heterocycles. The molecule has 1 heterocycles. The molecule has 0 aliphatic carbocycles. The van der Waals surface area contributed by atoms with Crippen molar-refractivity contribution in [3.8, 4) is 11.5 Å². The van der Waals surface area contributed by atoms with Gasteiger partial charge in [0.15, 0.2) is 11.4 Å². The Morgan fingerprint density at radius 2 is 1.67 bits per heavy atom. The van der Waals surface area contributed by atoms with Gasteiger partial charge in [-0.3, -0.25) is 9.59 Å². The highest BCUT2D eigenvalue weighted by Gasteiger charge is 2.51. The average molecular weight is 486 g/mol. The Kier molecular flexibility index (Phi) is 6.34. The quantitative estimate of drug-likeness (QED) is 0.475. The molecule has 1 N–H and O–H groups in total. The maximum atomic E-state index is 13.5. The number of hydrogen-bond acceptors (Lipinski definition) is 5. The third-order valence-electron chi connectivity index (χ3n) is 5.67. The first-order chi connectivity index (χ1) is 15.8. The van der Waals surface area contributed by atoms with E-state index in [-0.39, 0.29) is 23.4 Å². The molecule has 0 saturated carbocycles. The molecule has 170 valence electrons. The third-order valence-corrected chi connectivity index (χ3v) is 6.16. The van der Waals surface area contributed by atoms with Crippen LogP contribution in [0, 0.1) is 0 Å². The minimum absolute atomic E-state index is 0.201. The smallest absolute Gasteiger partial charge is 0.264 e. The summed E-state index contributed by atoms with van der Waals surface area (Å²) in [6.07, 6.45) is -0.473. The van der Waals surface area contributed by atoms with Crippen LogP contribution in [-0.4, -0.2) is 31.0 Å². The third kappa shape index (κ3) is 4.29. The SMILES string of the molecule is COc1ccc(C(=O)C[C@]2(O)C(=O)N(Cc3ccc(Cl)cc3)c3ccc(Cl)cc32)c(OC)c1. The molecule has 8 heteroatoms. The maximum Gasteiger partial charge on any atom is 0.264 e. The lowest BCUT2D eigenvalue weighted by molar-refractivity contribution is -0.136. The summed E-state index contributed by atoms with van der Waals surface area (Å²) in [7, 11) is 2.94. The molecule has 0 unspecified atom stereocenters. The Morgan fingerprint density at radius 1 is 0.970 bits per heavy atom. The number of ketones is 1. The lowest BCUT2D eigenvalue weighted by atomic mass is 9.88. The summed E-state index contributed by atoms with van der Waals surface area (Å²) in [4.78, 5) is 28.2. The molecule has 1 atom stereocenters. The molecule has 0 bridgehead atoms. The van der Waals surface area contributed by atoms with Crippen molar-refractivity contribution in [1.29, 1.82) is 0 Å². The Bertz CT molecular complexity index is 1230. The Morgan fingerprint density at radius 3 is 2.33 bits per heavy atom. The summed E-state index contributed by atoms with van der Waals surface area (Å²) in [5, 5.41) is 12.5. The molecule has 3 aromatic rings. The Labute approximate surface area is 201 Å². The minimum atomic E-state index is -2.07. The molecule has 1 aliphatic rings. The van der Waals surface area contributed by atoms with E-state index in [4.69, 9.17) is 32.7 Å². The molecule has 0 spiro atoms. The van der Waals surface area contributed by atoms with Crippen LogP contribution in [0.1, 0.15) is 27.9 Å². The number of carbonyl (C=O) groups excluding carboxylic acids is 2. The van der Waals surface area contributed by atoms with E-state index in [1.807, 2.05) is 0 Å². The van der Waals surface area contributed by atoms with Crippen LogP contribution in [0.3, 0.4) is 0 Å². The van der Waals surface area contributed by atoms with Gasteiger partial charge in [0.2, 0.25) is 0 Å². The molecule has 0 fully saturated rings. The number of fused-ring (bicyclic) bond motifs is 1. The van der Waals surface area contributed by atoms with Crippen LogP contribution in [0.5, 0.6) is 11.5 Å². The fourth-order valence-corrected chi connectivity index (χ4v) is 4.28. The largest absolute Gasteiger partial charge is 0.497 e. The maximum absolute atomic E-state index is 13.5. The first-order valence-corrected chi connectivity index (χ1v) is 10.9. The van der Waals surface area contributed by atoms with Crippen molar-refractivity contribution in [3.05, 3.63) is 87.4 Å². The number of Topliss-reactive ketones (excluding diaryl/α,β-unsaturated/α-hetero) is 1. The molecule has 1 amide bonds. The number of rotatable bonds is 7. The zero-order chi connectivity index (χ0) is 23.8. The van der Waals surface area contributed by atoms with E-state index < -0.39 is 23.7 Å². The van der Waals surface area contributed by atoms with Crippen LogP contribution in [0.2, 0.25) is 10.0 Å². The Hall–Kier alpha value is -3.06. The molecule has 6 nitrogen and oxygen atoms in total. The van der Waals surface area contributed by atoms with E-state index in [1.54, 1.807) is 54.6 Å². The van der Waals surface area contributed by atoms with E-state index in [0.717, 1.165) is 5.56 Å². The minimum Gasteiger partial charge on any atom is -0.497 e. The summed E-state index contributed by atoms with van der Waals surface area (Å²) in [6, 6.07) is 16.6. The van der Waals surface area contributed by atoms with Crippen LogP contribution in [0.25, 0.3) is 0 Å². The standard InChI is InChI=1S/C25H21Cl2NO5/c1-32-18-8-9-19(23(12-18)33-2)22(29)13-25(31)20-11-17(27)7-10-21(20)28(24(25)30)14-15-3-5-16(26)6-4-15/h3-12,31H,13-14H2,1-2H3/t25-/m1/s1. The first kappa shape index (κ1) is 23.1. The van der Waals surface area contributed by atoms with Crippen LogP contribution >= 0.6 is 23.2 Å². The second kappa shape index (κ2) is 9.06. The summed E-state index contributed by atoms with van der Waals surface area (Å²) in [5.74, 6) is -0.247. The fraction of sp³-hybridized carbons (Fsp3) is 0.200. The van der Waals surface area contributed by atoms with Gasteiger partial charge in [-0.15, -0.1) is 0 Å². The summed E-state index contributed by atoms with van der Waals surface area (Å²) < 4.78 is 10.5. The number of benzene rings is 3. The van der Waals surface area contributed by atoms with E-state index in [2.05, 4.69) is 0 Å². The van der Waals surface area contributed by atoms with Gasteiger partial charge in [0.1, 0.15) is 11.5 Å². The number of aliphatic hydroxyl groups is 1. The van der Waals surface area contributed by atoms with E-state index in [9.17, 15) is 14.7 Å². The van der Waals surface area contributed by atoms with Gasteiger partial charge in [0.25, 0.3) is 5.91 Å². The number of methoxy groups -OCH3 is 2. The zero-order valence-corrected chi connectivity index (χ0v) is 19.5. The van der Waals surface area contributed by atoms with Gasteiger partial charge < -0.3 is 19.5 Å². The van der Waals surface area contributed by atoms with Gasteiger partial charge in [0, 0.05) is 21.7 Å². The van der Waals surface area contributed by atoms with E-state index in [0.29, 0.717) is 21.5 Å². The second-order valence-corrected chi connectivity index (χ2v) is 8.58. The first-order valence-electron chi connectivity index (χ1n) is 10.1. The predicted molar refractivity (Wildman–Crippen MR) is 126 cm³/mol. The fourth-order valence-electron chi connectivity index (χ4n) is 3.98.